The lowest BCUT2D eigenvalue weighted by Gasteiger charge is -2.03. The summed E-state index contributed by atoms with van der Waals surface area (Å²) >= 11 is 0. The van der Waals surface area contributed by atoms with Crippen molar-refractivity contribution in [3.8, 4) is 0 Å². The summed E-state index contributed by atoms with van der Waals surface area (Å²) in [6.07, 6.45) is 4.80. The minimum absolute atomic E-state index is 0.266. The van der Waals surface area contributed by atoms with Crippen molar-refractivity contribution in [2.75, 3.05) is 0 Å². The molecular formula is C12H13NO2. The first-order valence-corrected chi connectivity index (χ1v) is 5.53. The highest BCUT2D eigenvalue weighted by Gasteiger charge is 2.30. The van der Waals surface area contributed by atoms with Crippen LogP contribution in [0.1, 0.15) is 48.6 Å². The molecule has 0 aromatic heterocycles. The fraction of sp³-hybridized carbons (Fsp3) is 0.500. The van der Waals surface area contributed by atoms with Crippen molar-refractivity contribution in [1.82, 2.24) is 0 Å². The van der Waals surface area contributed by atoms with Crippen LogP contribution < -0.4 is 0 Å². The van der Waals surface area contributed by atoms with E-state index in [-0.39, 0.29) is 10.6 Å². The SMILES string of the molecule is O=[N+]([O-])c1cc(C2CC2)cc(C2CC2)c1. The second-order valence-electron chi connectivity index (χ2n) is 4.66. The van der Waals surface area contributed by atoms with Crippen molar-refractivity contribution in [3.63, 3.8) is 0 Å². The van der Waals surface area contributed by atoms with E-state index in [2.05, 4.69) is 6.07 Å². The molecule has 2 fully saturated rings. The van der Waals surface area contributed by atoms with Gasteiger partial charge in [-0.15, -0.1) is 0 Å². The minimum Gasteiger partial charge on any atom is -0.258 e. The Morgan fingerprint density at radius 1 is 1.00 bits per heavy atom. The predicted octanol–water partition coefficient (Wildman–Crippen LogP) is 3.35. The van der Waals surface area contributed by atoms with Crippen molar-refractivity contribution in [3.05, 3.63) is 39.4 Å². The van der Waals surface area contributed by atoms with Gasteiger partial charge in [-0.25, -0.2) is 0 Å². The molecule has 3 heteroatoms. The molecule has 15 heavy (non-hydrogen) atoms. The van der Waals surface area contributed by atoms with Crippen molar-refractivity contribution >= 4 is 5.69 Å². The van der Waals surface area contributed by atoms with Crippen LogP contribution in [0, 0.1) is 10.1 Å². The van der Waals surface area contributed by atoms with Crippen LogP contribution >= 0.6 is 0 Å². The lowest BCUT2D eigenvalue weighted by Crippen LogP contribution is -1.93. The van der Waals surface area contributed by atoms with Crippen LogP contribution in [0.15, 0.2) is 18.2 Å². The Kier molecular flexibility index (Phi) is 1.81. The molecule has 1 aromatic carbocycles. The number of hydrogen-bond acceptors (Lipinski definition) is 2. The molecule has 78 valence electrons. The van der Waals surface area contributed by atoms with Gasteiger partial charge in [0.1, 0.15) is 0 Å². The first-order valence-electron chi connectivity index (χ1n) is 5.53. The molecule has 2 aliphatic rings. The number of non-ortho nitro benzene ring substituents is 1. The number of rotatable bonds is 3. The molecule has 2 saturated carbocycles. The van der Waals surface area contributed by atoms with Gasteiger partial charge in [0, 0.05) is 12.1 Å². The molecule has 0 N–H and O–H groups in total. The van der Waals surface area contributed by atoms with Gasteiger partial charge < -0.3 is 0 Å². The first kappa shape index (κ1) is 8.89. The molecule has 3 rings (SSSR count). The highest BCUT2D eigenvalue weighted by molar-refractivity contribution is 5.44. The van der Waals surface area contributed by atoms with Gasteiger partial charge in [0.2, 0.25) is 0 Å². The van der Waals surface area contributed by atoms with Crippen molar-refractivity contribution in [1.29, 1.82) is 0 Å². The molecule has 0 spiro atoms. The van der Waals surface area contributed by atoms with Crippen LogP contribution in [-0.4, -0.2) is 4.92 Å². The van der Waals surface area contributed by atoms with Crippen LogP contribution in [0.5, 0.6) is 0 Å². The molecule has 1 aromatic rings. The number of nitro benzene ring substituents is 1. The molecule has 0 bridgehead atoms. The van der Waals surface area contributed by atoms with Crippen molar-refractivity contribution in [2.24, 2.45) is 0 Å². The van der Waals surface area contributed by atoms with E-state index in [1.54, 1.807) is 12.1 Å². The Morgan fingerprint density at radius 3 is 1.80 bits per heavy atom. The van der Waals surface area contributed by atoms with Crippen LogP contribution in [-0.2, 0) is 0 Å². The molecular weight excluding hydrogens is 190 g/mol. The third-order valence-corrected chi connectivity index (χ3v) is 3.27. The summed E-state index contributed by atoms with van der Waals surface area (Å²) in [7, 11) is 0. The zero-order valence-corrected chi connectivity index (χ0v) is 8.48. The summed E-state index contributed by atoms with van der Waals surface area (Å²) in [6, 6.07) is 5.69. The molecule has 0 saturated heterocycles. The standard InChI is InChI=1S/C12H13NO2/c14-13(15)12-6-10(8-1-2-8)5-11(7-12)9-3-4-9/h5-9H,1-4H2. The maximum absolute atomic E-state index is 10.8. The van der Waals surface area contributed by atoms with Crippen molar-refractivity contribution in [2.45, 2.75) is 37.5 Å². The van der Waals surface area contributed by atoms with Crippen LogP contribution in [0.2, 0.25) is 0 Å². The van der Waals surface area contributed by atoms with Gasteiger partial charge in [0.05, 0.1) is 4.92 Å². The number of benzene rings is 1. The maximum Gasteiger partial charge on any atom is 0.269 e. The van der Waals surface area contributed by atoms with E-state index in [0.29, 0.717) is 11.8 Å². The monoisotopic (exact) mass is 203 g/mol. The summed E-state index contributed by atoms with van der Waals surface area (Å²) in [5.41, 5.74) is 2.65. The Hall–Kier alpha value is -1.38. The van der Waals surface area contributed by atoms with E-state index in [9.17, 15) is 10.1 Å². The van der Waals surface area contributed by atoms with E-state index in [4.69, 9.17) is 0 Å². The summed E-state index contributed by atoms with van der Waals surface area (Å²) < 4.78 is 0. The minimum atomic E-state index is -0.266. The Balaban J connectivity index is 2.02. The number of nitrogens with zero attached hydrogens (tertiary/aromatic N) is 1. The van der Waals surface area contributed by atoms with Gasteiger partial charge in [-0.05, 0) is 48.6 Å². The van der Waals surface area contributed by atoms with Crippen LogP contribution in [0.25, 0.3) is 0 Å². The average Bonchev–Trinajstić information content (AvgIpc) is 3.06. The van der Waals surface area contributed by atoms with Gasteiger partial charge in [-0.1, -0.05) is 6.07 Å². The zero-order chi connectivity index (χ0) is 10.4. The summed E-state index contributed by atoms with van der Waals surface area (Å²) in [5.74, 6) is 1.20. The molecule has 0 unspecified atom stereocenters. The van der Waals surface area contributed by atoms with E-state index in [1.165, 1.54) is 36.8 Å². The van der Waals surface area contributed by atoms with E-state index < -0.39 is 0 Å². The van der Waals surface area contributed by atoms with E-state index in [1.807, 2.05) is 0 Å². The van der Waals surface area contributed by atoms with E-state index in [0.717, 1.165) is 0 Å². The highest BCUT2D eigenvalue weighted by Crippen LogP contribution is 2.46. The summed E-state index contributed by atoms with van der Waals surface area (Å²) in [6.45, 7) is 0. The molecule has 0 aliphatic heterocycles. The molecule has 0 atom stereocenters. The van der Waals surface area contributed by atoms with Gasteiger partial charge in [-0.3, -0.25) is 10.1 Å². The molecule has 2 aliphatic carbocycles. The Bertz CT molecular complexity index is 389. The maximum atomic E-state index is 10.8. The Morgan fingerprint density at radius 2 is 1.47 bits per heavy atom. The molecule has 0 amide bonds. The van der Waals surface area contributed by atoms with Crippen LogP contribution in [0.3, 0.4) is 0 Å². The van der Waals surface area contributed by atoms with E-state index >= 15 is 0 Å². The first-order chi connectivity index (χ1) is 7.24. The zero-order valence-electron chi connectivity index (χ0n) is 8.48. The average molecular weight is 203 g/mol. The fourth-order valence-electron chi connectivity index (χ4n) is 2.07. The Labute approximate surface area is 88.3 Å². The molecule has 0 radical (unpaired) electrons. The van der Waals surface area contributed by atoms with Gasteiger partial charge in [0.25, 0.3) is 5.69 Å². The smallest absolute Gasteiger partial charge is 0.258 e. The topological polar surface area (TPSA) is 43.1 Å². The largest absolute Gasteiger partial charge is 0.269 e. The quantitative estimate of drug-likeness (QED) is 0.558. The summed E-state index contributed by atoms with van der Waals surface area (Å²) in [4.78, 5) is 10.5. The lowest BCUT2D eigenvalue weighted by atomic mass is 10.0. The number of nitro groups is 1. The molecule has 0 heterocycles. The fourth-order valence-corrected chi connectivity index (χ4v) is 2.07. The van der Waals surface area contributed by atoms with Gasteiger partial charge >= 0.3 is 0 Å². The third kappa shape index (κ3) is 1.74. The lowest BCUT2D eigenvalue weighted by molar-refractivity contribution is -0.385. The summed E-state index contributed by atoms with van der Waals surface area (Å²) in [5, 5.41) is 10.8. The third-order valence-electron chi connectivity index (χ3n) is 3.27. The number of hydrogen-bond donors (Lipinski definition) is 0. The molecule has 3 nitrogen and oxygen atoms in total. The van der Waals surface area contributed by atoms with Crippen molar-refractivity contribution < 1.29 is 4.92 Å². The second kappa shape index (κ2) is 3.05. The normalized spacial score (nSPS) is 20.3. The predicted molar refractivity (Wildman–Crippen MR) is 57.0 cm³/mol. The highest BCUT2D eigenvalue weighted by atomic mass is 16.6. The second-order valence-corrected chi connectivity index (χ2v) is 4.66. The van der Waals surface area contributed by atoms with Gasteiger partial charge in [-0.2, -0.15) is 0 Å². The van der Waals surface area contributed by atoms with Crippen LogP contribution in [0.4, 0.5) is 5.69 Å². The van der Waals surface area contributed by atoms with Gasteiger partial charge in [0.15, 0.2) is 0 Å².